The number of hydrogen-bond donors (Lipinski definition) is 1. The fourth-order valence-corrected chi connectivity index (χ4v) is 1.51. The third-order valence-corrected chi connectivity index (χ3v) is 2.17. The topological polar surface area (TPSA) is 55.0 Å². The lowest BCUT2D eigenvalue weighted by atomic mass is 10.2. The SMILES string of the molecule is CC.CCOC(=O)Cc1[nH]nc2ccccc12. The molecule has 4 heteroatoms. The number of aromatic nitrogens is 2. The molecular weight excluding hydrogens is 216 g/mol. The first-order valence-corrected chi connectivity index (χ1v) is 5.89. The second kappa shape index (κ2) is 6.68. The van der Waals surface area contributed by atoms with Gasteiger partial charge in [-0.25, -0.2) is 0 Å². The predicted octanol–water partition coefficient (Wildman–Crippen LogP) is 2.69. The Bertz CT molecular complexity index is 477. The van der Waals surface area contributed by atoms with Crippen molar-refractivity contribution in [3.63, 3.8) is 0 Å². The third-order valence-electron chi connectivity index (χ3n) is 2.17. The second-order valence-electron chi connectivity index (χ2n) is 3.20. The second-order valence-corrected chi connectivity index (χ2v) is 3.20. The molecule has 0 saturated heterocycles. The Balaban J connectivity index is 0.000000686. The van der Waals surface area contributed by atoms with E-state index in [1.54, 1.807) is 6.92 Å². The van der Waals surface area contributed by atoms with Crippen LogP contribution >= 0.6 is 0 Å². The van der Waals surface area contributed by atoms with Gasteiger partial charge in [0.05, 0.1) is 24.2 Å². The summed E-state index contributed by atoms with van der Waals surface area (Å²) < 4.78 is 4.88. The van der Waals surface area contributed by atoms with Gasteiger partial charge >= 0.3 is 5.97 Å². The van der Waals surface area contributed by atoms with Crippen LogP contribution in [0.25, 0.3) is 10.9 Å². The lowest BCUT2D eigenvalue weighted by Gasteiger charge is -1.99. The minimum Gasteiger partial charge on any atom is -0.466 e. The number of nitrogens with zero attached hydrogens (tertiary/aromatic N) is 1. The van der Waals surface area contributed by atoms with Gasteiger partial charge in [-0.2, -0.15) is 5.10 Å². The number of ether oxygens (including phenoxy) is 1. The summed E-state index contributed by atoms with van der Waals surface area (Å²) in [7, 11) is 0. The number of rotatable bonds is 3. The largest absolute Gasteiger partial charge is 0.466 e. The minimum absolute atomic E-state index is 0.230. The first kappa shape index (κ1) is 13.2. The molecule has 1 aromatic heterocycles. The van der Waals surface area contributed by atoms with Crippen LogP contribution in [0, 0.1) is 0 Å². The number of H-pyrrole nitrogens is 1. The van der Waals surface area contributed by atoms with Crippen molar-refractivity contribution in [3.05, 3.63) is 30.0 Å². The number of hydrogen-bond acceptors (Lipinski definition) is 3. The van der Waals surface area contributed by atoms with Crippen LogP contribution in [-0.4, -0.2) is 22.8 Å². The highest BCUT2D eigenvalue weighted by Crippen LogP contribution is 2.15. The zero-order valence-electron chi connectivity index (χ0n) is 10.5. The summed E-state index contributed by atoms with van der Waals surface area (Å²) >= 11 is 0. The summed E-state index contributed by atoms with van der Waals surface area (Å²) in [4.78, 5) is 11.3. The van der Waals surface area contributed by atoms with Gasteiger partial charge in [0.1, 0.15) is 0 Å². The van der Waals surface area contributed by atoms with Crippen molar-refractivity contribution < 1.29 is 9.53 Å². The lowest BCUT2D eigenvalue weighted by Crippen LogP contribution is -2.07. The molecule has 0 aliphatic rings. The highest BCUT2D eigenvalue weighted by Gasteiger charge is 2.09. The number of carbonyl (C=O) groups is 1. The Morgan fingerprint density at radius 3 is 2.76 bits per heavy atom. The Morgan fingerprint density at radius 2 is 2.06 bits per heavy atom. The number of nitrogens with one attached hydrogen (secondary N) is 1. The van der Waals surface area contributed by atoms with Crippen LogP contribution in [0.2, 0.25) is 0 Å². The van der Waals surface area contributed by atoms with Crippen molar-refractivity contribution in [2.75, 3.05) is 6.61 Å². The Labute approximate surface area is 101 Å². The van der Waals surface area contributed by atoms with E-state index >= 15 is 0 Å². The first-order chi connectivity index (χ1) is 8.31. The number of carbonyl (C=O) groups excluding carboxylic acids is 1. The van der Waals surface area contributed by atoms with Crippen molar-refractivity contribution in [1.82, 2.24) is 10.2 Å². The van der Waals surface area contributed by atoms with Crippen LogP contribution in [0.4, 0.5) is 0 Å². The normalized spacial score (nSPS) is 9.59. The van der Waals surface area contributed by atoms with E-state index in [1.165, 1.54) is 0 Å². The summed E-state index contributed by atoms with van der Waals surface area (Å²) in [5.41, 5.74) is 1.68. The third kappa shape index (κ3) is 3.31. The van der Waals surface area contributed by atoms with E-state index in [9.17, 15) is 4.79 Å². The van der Waals surface area contributed by atoms with E-state index in [0.717, 1.165) is 16.6 Å². The summed E-state index contributed by atoms with van der Waals surface area (Å²) in [6.07, 6.45) is 0.244. The van der Waals surface area contributed by atoms with Gasteiger partial charge < -0.3 is 4.74 Å². The average Bonchev–Trinajstić information content (AvgIpc) is 2.76. The van der Waals surface area contributed by atoms with Crippen LogP contribution in [-0.2, 0) is 16.0 Å². The molecule has 2 rings (SSSR count). The maximum absolute atomic E-state index is 11.3. The Kier molecular flexibility index (Phi) is 5.20. The number of benzene rings is 1. The van der Waals surface area contributed by atoms with Gasteiger partial charge in [-0.15, -0.1) is 0 Å². The predicted molar refractivity (Wildman–Crippen MR) is 67.8 cm³/mol. The van der Waals surface area contributed by atoms with Gasteiger partial charge in [-0.3, -0.25) is 9.89 Å². The van der Waals surface area contributed by atoms with Crippen molar-refractivity contribution in [1.29, 1.82) is 0 Å². The molecule has 1 heterocycles. The van der Waals surface area contributed by atoms with E-state index in [-0.39, 0.29) is 12.4 Å². The number of aromatic amines is 1. The van der Waals surface area contributed by atoms with E-state index in [0.29, 0.717) is 6.61 Å². The Hall–Kier alpha value is -1.84. The monoisotopic (exact) mass is 234 g/mol. The van der Waals surface area contributed by atoms with Crippen LogP contribution in [0.1, 0.15) is 26.5 Å². The van der Waals surface area contributed by atoms with E-state index in [1.807, 2.05) is 38.1 Å². The molecule has 17 heavy (non-hydrogen) atoms. The molecule has 0 atom stereocenters. The molecule has 0 fully saturated rings. The molecule has 0 unspecified atom stereocenters. The van der Waals surface area contributed by atoms with Crippen LogP contribution in [0.3, 0.4) is 0 Å². The average molecular weight is 234 g/mol. The van der Waals surface area contributed by atoms with Crippen LogP contribution in [0.5, 0.6) is 0 Å². The zero-order chi connectivity index (χ0) is 12.7. The molecule has 1 N–H and O–H groups in total. The first-order valence-electron chi connectivity index (χ1n) is 5.89. The van der Waals surface area contributed by atoms with Gasteiger partial charge in [0, 0.05) is 5.39 Å². The van der Waals surface area contributed by atoms with E-state index in [4.69, 9.17) is 4.74 Å². The molecule has 0 saturated carbocycles. The van der Waals surface area contributed by atoms with Gasteiger partial charge in [0.2, 0.25) is 0 Å². The van der Waals surface area contributed by atoms with E-state index in [2.05, 4.69) is 10.2 Å². The Morgan fingerprint density at radius 1 is 1.35 bits per heavy atom. The summed E-state index contributed by atoms with van der Waals surface area (Å²) in [6, 6.07) is 7.68. The highest BCUT2D eigenvalue weighted by atomic mass is 16.5. The minimum atomic E-state index is -0.230. The molecule has 0 bridgehead atoms. The maximum atomic E-state index is 11.3. The standard InChI is InChI=1S/C11H12N2O2.C2H6/c1-2-15-11(14)7-10-8-5-3-4-6-9(8)12-13-10;1-2/h3-6H,2,7H2,1H3,(H,12,13);1-2H3. The molecule has 92 valence electrons. The number of esters is 1. The fourth-order valence-electron chi connectivity index (χ4n) is 1.51. The summed E-state index contributed by atoms with van der Waals surface area (Å²) in [5, 5.41) is 7.93. The highest BCUT2D eigenvalue weighted by molar-refractivity contribution is 5.85. The number of para-hydroxylation sites is 1. The van der Waals surface area contributed by atoms with E-state index < -0.39 is 0 Å². The zero-order valence-corrected chi connectivity index (χ0v) is 10.5. The van der Waals surface area contributed by atoms with Gasteiger partial charge in [0.25, 0.3) is 0 Å². The maximum Gasteiger partial charge on any atom is 0.311 e. The van der Waals surface area contributed by atoms with Crippen molar-refractivity contribution in [3.8, 4) is 0 Å². The van der Waals surface area contributed by atoms with Crippen molar-refractivity contribution in [2.24, 2.45) is 0 Å². The molecule has 1 aromatic carbocycles. The smallest absolute Gasteiger partial charge is 0.311 e. The summed E-state index contributed by atoms with van der Waals surface area (Å²) in [6.45, 7) is 6.20. The van der Waals surface area contributed by atoms with Gasteiger partial charge in [-0.05, 0) is 13.0 Å². The molecule has 4 nitrogen and oxygen atoms in total. The summed E-state index contributed by atoms with van der Waals surface area (Å²) in [5.74, 6) is -0.230. The fraction of sp³-hybridized carbons (Fsp3) is 0.385. The molecule has 0 aliphatic heterocycles. The molecular formula is C13H18N2O2. The lowest BCUT2D eigenvalue weighted by molar-refractivity contribution is -0.142. The van der Waals surface area contributed by atoms with Gasteiger partial charge in [0.15, 0.2) is 0 Å². The molecule has 0 amide bonds. The quantitative estimate of drug-likeness (QED) is 0.831. The number of fused-ring (bicyclic) bond motifs is 1. The van der Waals surface area contributed by atoms with Crippen LogP contribution < -0.4 is 0 Å². The molecule has 0 aliphatic carbocycles. The van der Waals surface area contributed by atoms with Crippen molar-refractivity contribution in [2.45, 2.75) is 27.2 Å². The van der Waals surface area contributed by atoms with Crippen molar-refractivity contribution >= 4 is 16.9 Å². The molecule has 0 radical (unpaired) electrons. The molecule has 0 spiro atoms. The van der Waals surface area contributed by atoms with Crippen LogP contribution in [0.15, 0.2) is 24.3 Å². The van der Waals surface area contributed by atoms with Gasteiger partial charge in [-0.1, -0.05) is 32.0 Å². The molecule has 2 aromatic rings.